The number of ether oxygens (including phenoxy) is 2. The Morgan fingerprint density at radius 3 is 2.66 bits per heavy atom. The van der Waals surface area contributed by atoms with E-state index in [0.717, 1.165) is 79.5 Å². The van der Waals surface area contributed by atoms with Crippen LogP contribution in [0.5, 0.6) is 5.75 Å². The van der Waals surface area contributed by atoms with Crippen molar-refractivity contribution in [2.24, 2.45) is 0 Å². The lowest BCUT2D eigenvalue weighted by atomic mass is 10.1. The Hall–Kier alpha value is -2.75. The van der Waals surface area contributed by atoms with Crippen LogP contribution in [0.25, 0.3) is 22.3 Å². The zero-order valence-electron chi connectivity index (χ0n) is 18.9. The van der Waals surface area contributed by atoms with E-state index in [-0.39, 0.29) is 0 Å². The quantitative estimate of drug-likeness (QED) is 0.627. The maximum Gasteiger partial charge on any atom is 0.184 e. The third-order valence-electron chi connectivity index (χ3n) is 6.21. The van der Waals surface area contributed by atoms with Crippen molar-refractivity contribution in [3.05, 3.63) is 30.1 Å². The number of nitrogens with zero attached hydrogens (tertiary/aromatic N) is 6. The largest absolute Gasteiger partial charge is 0.488 e. The molecule has 0 saturated carbocycles. The van der Waals surface area contributed by atoms with Crippen molar-refractivity contribution in [2.45, 2.75) is 13.5 Å². The molecule has 0 atom stereocenters. The summed E-state index contributed by atoms with van der Waals surface area (Å²) in [6.07, 6.45) is 1.85. The molecule has 2 aromatic heterocycles. The predicted octanol–water partition coefficient (Wildman–Crippen LogP) is 2.00. The minimum Gasteiger partial charge on any atom is -0.488 e. The average Bonchev–Trinajstić information content (AvgIpc) is 3.31. The first-order chi connectivity index (χ1) is 15.7. The van der Waals surface area contributed by atoms with Crippen LogP contribution in [-0.2, 0) is 11.3 Å². The Morgan fingerprint density at radius 2 is 1.88 bits per heavy atom. The number of nitrogens with one attached hydrogen (secondary N) is 1. The number of piperazine rings is 1. The van der Waals surface area contributed by atoms with Gasteiger partial charge in [-0.25, -0.2) is 9.97 Å². The molecule has 0 radical (unpaired) electrons. The lowest BCUT2D eigenvalue weighted by Gasteiger charge is -2.33. The van der Waals surface area contributed by atoms with E-state index in [1.165, 1.54) is 0 Å². The van der Waals surface area contributed by atoms with Gasteiger partial charge in [0.25, 0.3) is 0 Å². The molecule has 1 aromatic carbocycles. The molecule has 2 fully saturated rings. The number of aromatic amines is 1. The fraction of sp³-hybridized carbons (Fsp3) is 0.522. The second-order valence-electron chi connectivity index (χ2n) is 8.40. The molecule has 2 aliphatic rings. The summed E-state index contributed by atoms with van der Waals surface area (Å²) in [5, 5.41) is 8.30. The number of morpholine rings is 1. The summed E-state index contributed by atoms with van der Waals surface area (Å²) in [5.41, 5.74) is 2.91. The van der Waals surface area contributed by atoms with Crippen molar-refractivity contribution in [3.63, 3.8) is 0 Å². The Kier molecular flexibility index (Phi) is 6.20. The molecule has 5 rings (SSSR count). The van der Waals surface area contributed by atoms with E-state index in [1.54, 1.807) is 0 Å². The van der Waals surface area contributed by atoms with Gasteiger partial charge in [-0.15, -0.1) is 0 Å². The molecular formula is C23H31N7O2. The van der Waals surface area contributed by atoms with Gasteiger partial charge in [0.1, 0.15) is 5.69 Å². The summed E-state index contributed by atoms with van der Waals surface area (Å²) < 4.78 is 11.8. The van der Waals surface area contributed by atoms with Gasteiger partial charge in [-0.05, 0) is 20.0 Å². The Morgan fingerprint density at radius 1 is 1.06 bits per heavy atom. The van der Waals surface area contributed by atoms with Gasteiger partial charge in [0.05, 0.1) is 31.5 Å². The zero-order valence-corrected chi connectivity index (χ0v) is 18.9. The van der Waals surface area contributed by atoms with Crippen molar-refractivity contribution >= 4 is 16.7 Å². The molecule has 32 heavy (non-hydrogen) atoms. The molecule has 0 unspecified atom stereocenters. The van der Waals surface area contributed by atoms with Crippen molar-refractivity contribution in [3.8, 4) is 17.1 Å². The first-order valence-electron chi connectivity index (χ1n) is 11.4. The summed E-state index contributed by atoms with van der Waals surface area (Å²) in [7, 11) is 2.17. The molecule has 4 heterocycles. The van der Waals surface area contributed by atoms with Crippen molar-refractivity contribution in [2.75, 3.05) is 71.0 Å². The Labute approximate surface area is 188 Å². The lowest BCUT2D eigenvalue weighted by Crippen LogP contribution is -2.44. The number of benzene rings is 1. The minimum absolute atomic E-state index is 0.576. The van der Waals surface area contributed by atoms with Gasteiger partial charge >= 0.3 is 0 Å². The lowest BCUT2D eigenvalue weighted by molar-refractivity contribution is 0.122. The van der Waals surface area contributed by atoms with Crippen LogP contribution >= 0.6 is 0 Å². The number of rotatable bonds is 6. The summed E-state index contributed by atoms with van der Waals surface area (Å²) in [5.74, 6) is 2.38. The van der Waals surface area contributed by atoms with E-state index in [0.29, 0.717) is 25.6 Å². The standard InChI is InChI=1S/C23H31N7O2/c1-3-32-21-20(16-29-9-7-28(2)8-10-29)25-22(26-23(21)30-11-13-31-14-12-30)17-5-4-6-19-18(17)15-24-27-19/h4-6,15H,3,7-14,16H2,1-2H3,(H,24,27). The van der Waals surface area contributed by atoms with Crippen LogP contribution in [0.3, 0.4) is 0 Å². The molecule has 2 aliphatic heterocycles. The fourth-order valence-corrected chi connectivity index (χ4v) is 4.37. The van der Waals surface area contributed by atoms with Crippen LogP contribution in [-0.4, -0.2) is 96.1 Å². The SMILES string of the molecule is CCOc1c(CN2CCN(C)CC2)nc(-c2cccc3[nH]ncc23)nc1N1CCOCC1. The zero-order chi connectivity index (χ0) is 21.9. The smallest absolute Gasteiger partial charge is 0.184 e. The third-order valence-corrected chi connectivity index (χ3v) is 6.21. The highest BCUT2D eigenvalue weighted by atomic mass is 16.5. The maximum absolute atomic E-state index is 6.18. The molecule has 0 amide bonds. The van der Waals surface area contributed by atoms with Crippen molar-refractivity contribution < 1.29 is 9.47 Å². The van der Waals surface area contributed by atoms with E-state index in [9.17, 15) is 0 Å². The molecule has 9 nitrogen and oxygen atoms in total. The van der Waals surface area contributed by atoms with Gasteiger partial charge in [-0.1, -0.05) is 12.1 Å². The molecule has 0 spiro atoms. The molecular weight excluding hydrogens is 406 g/mol. The fourth-order valence-electron chi connectivity index (χ4n) is 4.37. The van der Waals surface area contributed by atoms with E-state index in [1.807, 2.05) is 25.3 Å². The van der Waals surface area contributed by atoms with Crippen LogP contribution in [0.2, 0.25) is 0 Å². The minimum atomic E-state index is 0.576. The van der Waals surface area contributed by atoms with Crippen LogP contribution in [0, 0.1) is 0 Å². The number of H-pyrrole nitrogens is 1. The summed E-state index contributed by atoms with van der Waals surface area (Å²) in [6.45, 7) is 10.5. The first kappa shape index (κ1) is 21.1. The summed E-state index contributed by atoms with van der Waals surface area (Å²) in [4.78, 5) is 17.2. The highest BCUT2D eigenvalue weighted by Crippen LogP contribution is 2.35. The highest BCUT2D eigenvalue weighted by Gasteiger charge is 2.25. The van der Waals surface area contributed by atoms with E-state index >= 15 is 0 Å². The maximum atomic E-state index is 6.18. The molecule has 170 valence electrons. The topological polar surface area (TPSA) is 82.6 Å². The number of anilines is 1. The number of aromatic nitrogens is 4. The predicted molar refractivity (Wildman–Crippen MR) is 124 cm³/mol. The highest BCUT2D eigenvalue weighted by molar-refractivity contribution is 5.92. The van der Waals surface area contributed by atoms with Crippen LogP contribution < -0.4 is 9.64 Å². The Balaban J connectivity index is 1.61. The number of hydrogen-bond acceptors (Lipinski definition) is 8. The van der Waals surface area contributed by atoms with Crippen molar-refractivity contribution in [1.82, 2.24) is 30.0 Å². The average molecular weight is 438 g/mol. The van der Waals surface area contributed by atoms with Gasteiger partial charge in [0, 0.05) is 56.8 Å². The van der Waals surface area contributed by atoms with Gasteiger partial charge in [0.15, 0.2) is 17.4 Å². The second-order valence-corrected chi connectivity index (χ2v) is 8.40. The monoisotopic (exact) mass is 437 g/mol. The summed E-state index contributed by atoms with van der Waals surface area (Å²) >= 11 is 0. The number of likely N-dealkylation sites (N-methyl/N-ethyl adjacent to an activating group) is 1. The van der Waals surface area contributed by atoms with Crippen molar-refractivity contribution in [1.29, 1.82) is 0 Å². The second kappa shape index (κ2) is 9.40. The molecule has 0 aliphatic carbocycles. The third kappa shape index (κ3) is 4.28. The van der Waals surface area contributed by atoms with E-state index < -0.39 is 0 Å². The van der Waals surface area contributed by atoms with E-state index in [4.69, 9.17) is 19.4 Å². The Bertz CT molecular complexity index is 1060. The van der Waals surface area contributed by atoms with Crippen LogP contribution in [0.4, 0.5) is 5.82 Å². The van der Waals surface area contributed by atoms with Crippen LogP contribution in [0.1, 0.15) is 12.6 Å². The van der Waals surface area contributed by atoms with Gasteiger partial charge in [-0.2, -0.15) is 5.10 Å². The molecule has 1 N–H and O–H groups in total. The molecule has 3 aromatic rings. The van der Waals surface area contributed by atoms with Gasteiger partial charge in [-0.3, -0.25) is 10.00 Å². The number of fused-ring (bicyclic) bond motifs is 1. The van der Waals surface area contributed by atoms with Crippen LogP contribution in [0.15, 0.2) is 24.4 Å². The van der Waals surface area contributed by atoms with E-state index in [2.05, 4.69) is 38.0 Å². The summed E-state index contributed by atoms with van der Waals surface area (Å²) in [6, 6.07) is 6.11. The molecule has 2 saturated heterocycles. The van der Waals surface area contributed by atoms with Gasteiger partial charge in [0.2, 0.25) is 0 Å². The number of hydrogen-bond donors (Lipinski definition) is 1. The molecule has 0 bridgehead atoms. The first-order valence-corrected chi connectivity index (χ1v) is 11.4. The van der Waals surface area contributed by atoms with Gasteiger partial charge < -0.3 is 19.3 Å². The normalized spacial score (nSPS) is 18.4. The molecule has 9 heteroatoms.